The minimum Gasteiger partial charge on any atom is -0.458 e. The highest BCUT2D eigenvalue weighted by molar-refractivity contribution is 6.30. The molecule has 0 spiro atoms. The van der Waals surface area contributed by atoms with Crippen LogP contribution in [0.1, 0.15) is 48.3 Å². The van der Waals surface area contributed by atoms with Crippen molar-refractivity contribution in [1.29, 1.82) is 5.41 Å². The summed E-state index contributed by atoms with van der Waals surface area (Å²) in [4.78, 5) is 13.1. The molecule has 41 heavy (non-hydrogen) atoms. The van der Waals surface area contributed by atoms with E-state index in [1.807, 2.05) is 24.3 Å². The molecule has 2 aromatic heterocycles. The number of halogens is 3. The van der Waals surface area contributed by atoms with E-state index in [1.54, 1.807) is 6.07 Å². The quantitative estimate of drug-likeness (QED) is 0.191. The third-order valence-electron chi connectivity index (χ3n) is 7.71. The molecule has 1 aliphatic carbocycles. The van der Waals surface area contributed by atoms with Crippen LogP contribution in [-0.2, 0) is 24.3 Å². The molecule has 2 aliphatic rings. The first-order chi connectivity index (χ1) is 19.8. The van der Waals surface area contributed by atoms with Gasteiger partial charge in [0.2, 0.25) is 0 Å². The Morgan fingerprint density at radius 3 is 2.71 bits per heavy atom. The van der Waals surface area contributed by atoms with Gasteiger partial charge in [0, 0.05) is 29.2 Å². The first-order valence-corrected chi connectivity index (χ1v) is 14.0. The van der Waals surface area contributed by atoms with E-state index < -0.39 is 11.6 Å². The van der Waals surface area contributed by atoms with Crippen LogP contribution in [0.2, 0.25) is 5.02 Å². The fraction of sp³-hybridized carbons (Fsp3) is 0.333. The van der Waals surface area contributed by atoms with Crippen LogP contribution in [0.4, 0.5) is 8.78 Å². The summed E-state index contributed by atoms with van der Waals surface area (Å²) in [6.45, 7) is 1.41. The van der Waals surface area contributed by atoms with Gasteiger partial charge < -0.3 is 19.8 Å². The number of ether oxygens (including phenoxy) is 2. The van der Waals surface area contributed by atoms with Crippen LogP contribution in [-0.4, -0.2) is 38.1 Å². The highest BCUT2D eigenvalue weighted by Crippen LogP contribution is 2.34. The number of benzene rings is 2. The molecule has 4 aromatic rings. The number of nitrogens with two attached hydrogens (primary N) is 1. The molecule has 0 amide bonds. The number of rotatable bonds is 9. The van der Waals surface area contributed by atoms with Crippen LogP contribution < -0.4 is 10.5 Å². The van der Waals surface area contributed by atoms with Gasteiger partial charge in [-0.1, -0.05) is 23.7 Å². The molecule has 3 N–H and O–H groups in total. The Morgan fingerprint density at radius 2 is 2.00 bits per heavy atom. The molecule has 0 saturated carbocycles. The molecule has 1 unspecified atom stereocenters. The minimum absolute atomic E-state index is 0.0120. The average molecular weight is 579 g/mol. The molecule has 1 saturated heterocycles. The van der Waals surface area contributed by atoms with Gasteiger partial charge in [-0.2, -0.15) is 4.98 Å². The van der Waals surface area contributed by atoms with E-state index in [-0.39, 0.29) is 30.3 Å². The zero-order valence-corrected chi connectivity index (χ0v) is 23.0. The third kappa shape index (κ3) is 5.94. The molecular weight excluding hydrogens is 550 g/mol. The topological polar surface area (TPSA) is 112 Å². The Morgan fingerprint density at radius 1 is 1.15 bits per heavy atom. The number of imidazole rings is 1. The van der Waals surface area contributed by atoms with Gasteiger partial charge in [-0.25, -0.2) is 18.7 Å². The SMILES string of the molecule is N=C(N)c1ccc2c(c1)nc(CC1CC=C(c3nc(OCc4ccc(Cl)cc4F)ncc3F)CC1)n2C[C@@H]1CCO1. The minimum atomic E-state index is -0.525. The van der Waals surface area contributed by atoms with Crippen molar-refractivity contribution in [2.24, 2.45) is 11.7 Å². The number of nitrogens with one attached hydrogen (secondary N) is 1. The number of nitrogens with zero attached hydrogens (tertiary/aromatic N) is 4. The largest absolute Gasteiger partial charge is 0.458 e. The standard InChI is InChI=1S/C30H29ClF2N6O2/c31-21-7-5-20(23(32)13-21)16-41-30-36-14-24(33)28(38-30)18-3-1-17(2-4-18)11-27-37-25-12-19(29(34)35)6-8-26(25)39(27)15-22-9-10-40-22/h3,5-8,12-14,17,22H,1-2,4,9-11,15-16H2,(H3,34,35)/t17?,22-/m0/s1. The molecule has 0 bridgehead atoms. The van der Waals surface area contributed by atoms with Crippen molar-refractivity contribution in [1.82, 2.24) is 19.5 Å². The number of hydrogen-bond acceptors (Lipinski definition) is 6. The molecule has 0 radical (unpaired) electrons. The van der Waals surface area contributed by atoms with Crippen molar-refractivity contribution in [3.63, 3.8) is 0 Å². The number of amidine groups is 1. The number of aromatic nitrogens is 4. The van der Waals surface area contributed by atoms with Crippen LogP contribution in [0.25, 0.3) is 16.6 Å². The van der Waals surface area contributed by atoms with E-state index in [0.717, 1.165) is 67.5 Å². The molecule has 6 rings (SSSR count). The van der Waals surface area contributed by atoms with E-state index in [9.17, 15) is 8.78 Å². The van der Waals surface area contributed by atoms with E-state index in [0.29, 0.717) is 28.5 Å². The molecule has 8 nitrogen and oxygen atoms in total. The van der Waals surface area contributed by atoms with E-state index >= 15 is 0 Å². The van der Waals surface area contributed by atoms with Crippen LogP contribution >= 0.6 is 11.6 Å². The molecule has 2 aromatic carbocycles. The molecule has 212 valence electrons. The van der Waals surface area contributed by atoms with Crippen LogP contribution in [0.5, 0.6) is 6.01 Å². The van der Waals surface area contributed by atoms with Crippen LogP contribution in [0, 0.1) is 23.0 Å². The average Bonchev–Trinajstić information content (AvgIpc) is 3.27. The molecule has 3 heterocycles. The zero-order valence-electron chi connectivity index (χ0n) is 22.2. The van der Waals surface area contributed by atoms with Crippen molar-refractivity contribution in [2.45, 2.75) is 51.4 Å². The Labute approximate surface area is 240 Å². The maximum atomic E-state index is 14.7. The lowest BCUT2D eigenvalue weighted by molar-refractivity contribution is -0.0590. The molecule has 1 aliphatic heterocycles. The van der Waals surface area contributed by atoms with Gasteiger partial charge >= 0.3 is 6.01 Å². The maximum absolute atomic E-state index is 14.7. The Kier molecular flexibility index (Phi) is 7.68. The van der Waals surface area contributed by atoms with Crippen molar-refractivity contribution in [3.05, 3.63) is 88.0 Å². The normalized spacial score (nSPS) is 18.7. The maximum Gasteiger partial charge on any atom is 0.317 e. The Hall–Kier alpha value is -3.89. The van der Waals surface area contributed by atoms with Crippen LogP contribution in [0.3, 0.4) is 0 Å². The summed E-state index contributed by atoms with van der Waals surface area (Å²) in [5, 5.41) is 8.07. The van der Waals surface area contributed by atoms with Crippen LogP contribution in [0.15, 0.2) is 48.7 Å². The summed E-state index contributed by atoms with van der Waals surface area (Å²) in [5.74, 6) is 0.281. The van der Waals surface area contributed by atoms with Gasteiger partial charge in [-0.05, 0) is 67.5 Å². The fourth-order valence-electron chi connectivity index (χ4n) is 5.31. The van der Waals surface area contributed by atoms with Gasteiger partial charge in [-0.15, -0.1) is 0 Å². The predicted molar refractivity (Wildman–Crippen MR) is 152 cm³/mol. The van der Waals surface area contributed by atoms with Crippen molar-refractivity contribution in [2.75, 3.05) is 6.61 Å². The first kappa shape index (κ1) is 27.3. The summed E-state index contributed by atoms with van der Waals surface area (Å²) in [7, 11) is 0. The van der Waals surface area contributed by atoms with Gasteiger partial charge in [0.05, 0.1) is 29.9 Å². The molecule has 2 atom stereocenters. The Bertz CT molecular complexity index is 1650. The highest BCUT2D eigenvalue weighted by atomic mass is 35.5. The molecular formula is C30H29ClF2N6O2. The summed E-state index contributed by atoms with van der Waals surface area (Å²) < 4.78 is 42.3. The van der Waals surface area contributed by atoms with Gasteiger partial charge in [0.15, 0.2) is 5.82 Å². The second-order valence-corrected chi connectivity index (χ2v) is 10.9. The Balaban J connectivity index is 1.17. The first-order valence-electron chi connectivity index (χ1n) is 13.6. The lowest BCUT2D eigenvalue weighted by Crippen LogP contribution is -2.32. The number of fused-ring (bicyclic) bond motifs is 1. The number of nitrogen functional groups attached to an aromatic ring is 1. The van der Waals surface area contributed by atoms with Crippen molar-refractivity contribution < 1.29 is 18.3 Å². The second kappa shape index (κ2) is 11.5. The summed E-state index contributed by atoms with van der Waals surface area (Å²) >= 11 is 5.81. The fourth-order valence-corrected chi connectivity index (χ4v) is 5.47. The zero-order chi connectivity index (χ0) is 28.5. The smallest absolute Gasteiger partial charge is 0.317 e. The second-order valence-electron chi connectivity index (χ2n) is 10.5. The third-order valence-corrected chi connectivity index (χ3v) is 7.94. The van der Waals surface area contributed by atoms with Crippen molar-refractivity contribution >= 4 is 34.0 Å². The van der Waals surface area contributed by atoms with Gasteiger partial charge in [0.1, 0.15) is 29.8 Å². The van der Waals surface area contributed by atoms with E-state index in [2.05, 4.69) is 14.5 Å². The predicted octanol–water partition coefficient (Wildman–Crippen LogP) is 5.84. The van der Waals surface area contributed by atoms with E-state index in [1.165, 1.54) is 12.1 Å². The summed E-state index contributed by atoms with van der Waals surface area (Å²) in [6.07, 6.45) is 7.28. The molecule has 1 fully saturated rings. The number of hydrogen-bond donors (Lipinski definition) is 2. The van der Waals surface area contributed by atoms with Crippen molar-refractivity contribution in [3.8, 4) is 6.01 Å². The number of allylic oxidation sites excluding steroid dienone is 2. The van der Waals surface area contributed by atoms with E-state index in [4.69, 9.17) is 37.2 Å². The monoisotopic (exact) mass is 578 g/mol. The summed E-state index contributed by atoms with van der Waals surface area (Å²) in [5.41, 5.74) is 9.47. The highest BCUT2D eigenvalue weighted by Gasteiger charge is 2.25. The summed E-state index contributed by atoms with van der Waals surface area (Å²) in [6, 6.07) is 9.97. The van der Waals surface area contributed by atoms with Gasteiger partial charge in [0.25, 0.3) is 0 Å². The van der Waals surface area contributed by atoms with Gasteiger partial charge in [-0.3, -0.25) is 5.41 Å². The lowest BCUT2D eigenvalue weighted by Gasteiger charge is -2.28. The molecule has 11 heteroatoms. The lowest BCUT2D eigenvalue weighted by atomic mass is 9.86.